The second-order valence-electron chi connectivity index (χ2n) is 7.66. The molecule has 1 aliphatic rings. The van der Waals surface area contributed by atoms with E-state index in [2.05, 4.69) is 22.4 Å². The second kappa shape index (κ2) is 9.26. The molecule has 3 heterocycles. The molecule has 0 bridgehead atoms. The van der Waals surface area contributed by atoms with E-state index in [9.17, 15) is 4.79 Å². The summed E-state index contributed by atoms with van der Waals surface area (Å²) >= 11 is 5.96. The van der Waals surface area contributed by atoms with E-state index in [1.54, 1.807) is 25.4 Å². The van der Waals surface area contributed by atoms with Crippen LogP contribution in [0.2, 0.25) is 5.02 Å². The van der Waals surface area contributed by atoms with Crippen molar-refractivity contribution in [3.63, 3.8) is 0 Å². The number of likely N-dealkylation sites (tertiary alicyclic amines) is 1. The van der Waals surface area contributed by atoms with Crippen molar-refractivity contribution >= 4 is 23.3 Å². The number of amides is 1. The highest BCUT2D eigenvalue weighted by atomic mass is 35.5. The van der Waals surface area contributed by atoms with Gasteiger partial charge in [0.15, 0.2) is 0 Å². The highest BCUT2D eigenvalue weighted by molar-refractivity contribution is 6.30. The van der Waals surface area contributed by atoms with Crippen LogP contribution in [0.1, 0.15) is 45.9 Å². The van der Waals surface area contributed by atoms with Gasteiger partial charge in [0.25, 0.3) is 5.91 Å². The van der Waals surface area contributed by atoms with Crippen LogP contribution in [0, 0.1) is 0 Å². The molecule has 1 aromatic carbocycles. The summed E-state index contributed by atoms with van der Waals surface area (Å²) in [7, 11) is 1.80. The third kappa shape index (κ3) is 4.79. The Kier molecular flexibility index (Phi) is 6.29. The smallest absolute Gasteiger partial charge is 0.254 e. The van der Waals surface area contributed by atoms with Gasteiger partial charge in [-0.05, 0) is 60.7 Å². The maximum atomic E-state index is 13.0. The number of hydrogen-bond donors (Lipinski definition) is 1. The zero-order valence-corrected chi connectivity index (χ0v) is 17.8. The number of nitrogens with zero attached hydrogens (tertiary/aromatic N) is 3. The first-order valence-corrected chi connectivity index (χ1v) is 10.6. The molecule has 5 nitrogen and oxygen atoms in total. The minimum absolute atomic E-state index is 0.0537. The summed E-state index contributed by atoms with van der Waals surface area (Å²) < 4.78 is 0. The molecule has 0 radical (unpaired) electrons. The molecule has 0 saturated carbocycles. The number of halogens is 1. The summed E-state index contributed by atoms with van der Waals surface area (Å²) in [5.74, 6) is 1.02. The number of hydrogen-bond acceptors (Lipinski definition) is 4. The fourth-order valence-electron chi connectivity index (χ4n) is 3.91. The van der Waals surface area contributed by atoms with Crippen molar-refractivity contribution < 1.29 is 4.79 Å². The average Bonchev–Trinajstić information content (AvgIpc) is 2.81. The first-order chi connectivity index (χ1) is 14.6. The third-order valence-corrected chi connectivity index (χ3v) is 5.81. The Morgan fingerprint density at radius 3 is 2.67 bits per heavy atom. The van der Waals surface area contributed by atoms with Crippen LogP contribution in [0.4, 0.5) is 5.82 Å². The van der Waals surface area contributed by atoms with Crippen LogP contribution in [0.3, 0.4) is 0 Å². The SMILES string of the molecule is CNc1cc(C(=O)N2CCC[C@@H](c3ccc(Cc4ccc(Cl)cc4)cn3)C2)ccn1. The number of carbonyl (C=O) groups excluding carboxylic acids is 1. The predicted molar refractivity (Wildman–Crippen MR) is 120 cm³/mol. The number of nitrogens with one attached hydrogen (secondary N) is 1. The third-order valence-electron chi connectivity index (χ3n) is 5.56. The number of rotatable bonds is 5. The van der Waals surface area contributed by atoms with Gasteiger partial charge in [-0.3, -0.25) is 9.78 Å². The Morgan fingerprint density at radius 1 is 1.13 bits per heavy atom. The standard InChI is InChI=1S/C24H25ClN4O/c1-26-23-14-19(10-11-27-23)24(30)29-12-2-3-20(16-29)22-9-6-18(15-28-22)13-17-4-7-21(25)8-5-17/h4-11,14-15,20H,2-3,12-13,16H2,1H3,(H,26,27)/t20-/m1/s1. The molecule has 6 heteroatoms. The number of piperidine rings is 1. The van der Waals surface area contributed by atoms with Crippen LogP contribution in [0.25, 0.3) is 0 Å². The van der Waals surface area contributed by atoms with E-state index < -0.39 is 0 Å². The van der Waals surface area contributed by atoms with Crippen molar-refractivity contribution in [3.8, 4) is 0 Å². The van der Waals surface area contributed by atoms with E-state index >= 15 is 0 Å². The highest BCUT2D eigenvalue weighted by Crippen LogP contribution is 2.27. The molecule has 3 aromatic rings. The van der Waals surface area contributed by atoms with Crippen molar-refractivity contribution in [2.24, 2.45) is 0 Å². The van der Waals surface area contributed by atoms with Gasteiger partial charge in [-0.2, -0.15) is 0 Å². The molecular formula is C24H25ClN4O. The highest BCUT2D eigenvalue weighted by Gasteiger charge is 2.26. The van der Waals surface area contributed by atoms with Crippen LogP contribution in [0.15, 0.2) is 60.9 Å². The minimum Gasteiger partial charge on any atom is -0.373 e. The molecular weight excluding hydrogens is 396 g/mol. The topological polar surface area (TPSA) is 58.1 Å². The largest absolute Gasteiger partial charge is 0.373 e. The van der Waals surface area contributed by atoms with Gasteiger partial charge >= 0.3 is 0 Å². The first-order valence-electron chi connectivity index (χ1n) is 10.2. The number of aromatic nitrogens is 2. The summed E-state index contributed by atoms with van der Waals surface area (Å²) in [5, 5.41) is 3.73. The van der Waals surface area contributed by atoms with Crippen LogP contribution >= 0.6 is 11.6 Å². The molecule has 1 fully saturated rings. The van der Waals surface area contributed by atoms with Crippen LogP contribution < -0.4 is 5.32 Å². The summed E-state index contributed by atoms with van der Waals surface area (Å²) in [6, 6.07) is 15.7. The predicted octanol–water partition coefficient (Wildman–Crippen LogP) is 4.78. The molecule has 0 aliphatic carbocycles. The van der Waals surface area contributed by atoms with Gasteiger partial charge < -0.3 is 10.2 Å². The van der Waals surface area contributed by atoms with Gasteiger partial charge in [0.1, 0.15) is 5.82 Å². The maximum Gasteiger partial charge on any atom is 0.254 e. The lowest BCUT2D eigenvalue weighted by molar-refractivity contribution is 0.0706. The zero-order valence-electron chi connectivity index (χ0n) is 17.0. The van der Waals surface area contributed by atoms with Crippen molar-refractivity contribution in [2.45, 2.75) is 25.2 Å². The van der Waals surface area contributed by atoms with E-state index in [1.807, 2.05) is 35.4 Å². The van der Waals surface area contributed by atoms with Crippen molar-refractivity contribution in [1.82, 2.24) is 14.9 Å². The molecule has 30 heavy (non-hydrogen) atoms. The second-order valence-corrected chi connectivity index (χ2v) is 8.10. The molecule has 0 unspecified atom stereocenters. The molecule has 4 rings (SSSR count). The van der Waals surface area contributed by atoms with Gasteiger partial charge in [-0.25, -0.2) is 4.98 Å². The Labute approximate surface area is 182 Å². The van der Waals surface area contributed by atoms with Crippen LogP contribution in [-0.4, -0.2) is 40.9 Å². The number of anilines is 1. The van der Waals surface area contributed by atoms with Gasteiger partial charge in [0.2, 0.25) is 0 Å². The lowest BCUT2D eigenvalue weighted by Gasteiger charge is -2.32. The quantitative estimate of drug-likeness (QED) is 0.645. The van der Waals surface area contributed by atoms with Crippen molar-refractivity contribution in [1.29, 1.82) is 0 Å². The molecule has 1 amide bonds. The summed E-state index contributed by atoms with van der Waals surface area (Å²) in [4.78, 5) is 23.8. The van der Waals surface area contributed by atoms with Gasteiger partial charge in [-0.1, -0.05) is 29.8 Å². The Morgan fingerprint density at radius 2 is 1.93 bits per heavy atom. The minimum atomic E-state index is 0.0537. The van der Waals surface area contributed by atoms with Crippen LogP contribution in [0.5, 0.6) is 0 Å². The first kappa shape index (κ1) is 20.4. The molecule has 2 aromatic heterocycles. The normalized spacial score (nSPS) is 16.3. The van der Waals surface area contributed by atoms with Crippen LogP contribution in [-0.2, 0) is 6.42 Å². The molecule has 154 valence electrons. The Balaban J connectivity index is 1.42. The van der Waals surface area contributed by atoms with Crippen molar-refractivity contribution in [2.75, 3.05) is 25.5 Å². The van der Waals surface area contributed by atoms with Gasteiger partial charge in [0, 0.05) is 54.7 Å². The summed E-state index contributed by atoms with van der Waals surface area (Å²) in [5.41, 5.74) is 4.10. The van der Waals surface area contributed by atoms with Gasteiger partial charge in [0.05, 0.1) is 0 Å². The van der Waals surface area contributed by atoms with Crippen molar-refractivity contribution in [3.05, 3.63) is 88.3 Å². The maximum absolute atomic E-state index is 13.0. The summed E-state index contributed by atoms with van der Waals surface area (Å²) in [6.07, 6.45) is 6.48. The average molecular weight is 421 g/mol. The summed E-state index contributed by atoms with van der Waals surface area (Å²) in [6.45, 7) is 1.47. The molecule has 1 saturated heterocycles. The van der Waals surface area contributed by atoms with E-state index in [-0.39, 0.29) is 11.8 Å². The lowest BCUT2D eigenvalue weighted by Crippen LogP contribution is -2.39. The van der Waals surface area contributed by atoms with E-state index in [4.69, 9.17) is 16.6 Å². The molecule has 1 atom stereocenters. The molecule has 0 spiro atoms. The zero-order chi connectivity index (χ0) is 20.9. The van der Waals surface area contributed by atoms with E-state index in [1.165, 1.54) is 11.1 Å². The molecule has 1 N–H and O–H groups in total. The fourth-order valence-corrected chi connectivity index (χ4v) is 4.03. The fraction of sp³-hybridized carbons (Fsp3) is 0.292. The molecule has 1 aliphatic heterocycles. The number of pyridine rings is 2. The Hall–Kier alpha value is -2.92. The lowest BCUT2D eigenvalue weighted by atomic mass is 9.93. The van der Waals surface area contributed by atoms with E-state index in [0.29, 0.717) is 17.9 Å². The number of carbonyl (C=O) groups is 1. The number of benzene rings is 1. The van der Waals surface area contributed by atoms with E-state index in [0.717, 1.165) is 36.5 Å². The van der Waals surface area contributed by atoms with Gasteiger partial charge in [-0.15, -0.1) is 0 Å². The monoisotopic (exact) mass is 420 g/mol. The Bertz CT molecular complexity index is 1000.